The van der Waals surface area contributed by atoms with Gasteiger partial charge in [-0.25, -0.2) is 9.59 Å². The van der Waals surface area contributed by atoms with Crippen molar-refractivity contribution >= 4 is 29.4 Å². The van der Waals surface area contributed by atoms with Crippen molar-refractivity contribution in [3.63, 3.8) is 0 Å². The first-order valence-electron chi connectivity index (χ1n) is 6.01. The zero-order valence-electron chi connectivity index (χ0n) is 10.8. The van der Waals surface area contributed by atoms with Crippen molar-refractivity contribution in [3.8, 4) is 0 Å². The summed E-state index contributed by atoms with van der Waals surface area (Å²) in [5, 5.41) is 18.0. The molecule has 2 rings (SSSR count). The molecule has 0 bridgehead atoms. The molecule has 0 spiro atoms. The first-order chi connectivity index (χ1) is 9.81. The Balaban J connectivity index is 2.40. The molecule has 1 saturated heterocycles. The quantitative estimate of drug-likeness (QED) is 0.709. The van der Waals surface area contributed by atoms with Crippen LogP contribution in [0.15, 0.2) is 18.2 Å². The topological polar surface area (TPSA) is 138 Å². The highest BCUT2D eigenvalue weighted by Gasteiger charge is 2.34. The molecule has 21 heavy (non-hydrogen) atoms. The van der Waals surface area contributed by atoms with Crippen molar-refractivity contribution in [1.29, 1.82) is 0 Å². The van der Waals surface area contributed by atoms with E-state index in [1.165, 1.54) is 11.0 Å². The normalized spacial score (nSPS) is 17.8. The van der Waals surface area contributed by atoms with E-state index in [1.807, 2.05) is 0 Å². The molecule has 1 aliphatic heterocycles. The molecule has 8 nitrogen and oxygen atoms in total. The van der Waals surface area contributed by atoms with Gasteiger partial charge >= 0.3 is 11.9 Å². The fourth-order valence-corrected chi connectivity index (χ4v) is 2.21. The largest absolute Gasteiger partial charge is 0.478 e. The lowest BCUT2D eigenvalue weighted by Gasteiger charge is -2.17. The predicted octanol–water partition coefficient (Wildman–Crippen LogP) is -0.0788. The maximum Gasteiger partial charge on any atom is 0.336 e. The number of amides is 2. The molecule has 1 aliphatic rings. The number of benzene rings is 1. The molecule has 110 valence electrons. The van der Waals surface area contributed by atoms with Crippen LogP contribution in [0, 0.1) is 5.92 Å². The lowest BCUT2D eigenvalue weighted by Crippen LogP contribution is -2.28. The summed E-state index contributed by atoms with van der Waals surface area (Å²) >= 11 is 0. The van der Waals surface area contributed by atoms with Gasteiger partial charge in [0.2, 0.25) is 11.8 Å². The van der Waals surface area contributed by atoms with Gasteiger partial charge in [0, 0.05) is 18.7 Å². The summed E-state index contributed by atoms with van der Waals surface area (Å²) in [4.78, 5) is 46.3. The smallest absolute Gasteiger partial charge is 0.336 e. The number of nitrogens with two attached hydrogens (primary N) is 1. The van der Waals surface area contributed by atoms with E-state index < -0.39 is 29.3 Å². The van der Waals surface area contributed by atoms with Crippen molar-refractivity contribution < 1.29 is 29.4 Å². The summed E-state index contributed by atoms with van der Waals surface area (Å²) in [6.07, 6.45) is -0.0432. The summed E-state index contributed by atoms with van der Waals surface area (Å²) in [6.45, 7) is 0.0552. The Kier molecular flexibility index (Phi) is 3.62. The zero-order valence-corrected chi connectivity index (χ0v) is 10.8. The van der Waals surface area contributed by atoms with Gasteiger partial charge in [-0.1, -0.05) is 0 Å². The Bertz CT molecular complexity index is 654. The lowest BCUT2D eigenvalue weighted by atomic mass is 10.1. The number of hydrogen-bond acceptors (Lipinski definition) is 4. The third-order valence-corrected chi connectivity index (χ3v) is 3.30. The standard InChI is InChI=1S/C13H12N2O6/c14-11(17)6-3-10(16)15(5-6)7-1-2-8(12(18)19)9(4-7)13(20)21/h1-2,4,6H,3,5H2,(H2,14,17)(H,18,19)(H,20,21). The van der Waals surface area contributed by atoms with E-state index in [0.717, 1.165) is 12.1 Å². The molecule has 2 amide bonds. The monoisotopic (exact) mass is 292 g/mol. The van der Waals surface area contributed by atoms with Crippen LogP contribution < -0.4 is 10.6 Å². The van der Waals surface area contributed by atoms with Gasteiger partial charge in [-0.3, -0.25) is 9.59 Å². The summed E-state index contributed by atoms with van der Waals surface area (Å²) in [7, 11) is 0. The summed E-state index contributed by atoms with van der Waals surface area (Å²) < 4.78 is 0. The van der Waals surface area contributed by atoms with Crippen LogP contribution in [0.4, 0.5) is 5.69 Å². The summed E-state index contributed by atoms with van der Waals surface area (Å²) in [5.74, 6) is -4.39. The van der Waals surface area contributed by atoms with Crippen molar-refractivity contribution in [2.24, 2.45) is 11.7 Å². The number of primary amides is 1. The van der Waals surface area contributed by atoms with Crippen LogP contribution in [-0.2, 0) is 9.59 Å². The molecular weight excluding hydrogens is 280 g/mol. The first-order valence-corrected chi connectivity index (χ1v) is 6.01. The molecule has 1 heterocycles. The van der Waals surface area contributed by atoms with E-state index in [9.17, 15) is 19.2 Å². The Morgan fingerprint density at radius 1 is 1.14 bits per heavy atom. The highest BCUT2D eigenvalue weighted by Crippen LogP contribution is 2.27. The van der Waals surface area contributed by atoms with Crippen LogP contribution in [0.5, 0.6) is 0 Å². The molecule has 8 heteroatoms. The molecule has 0 saturated carbocycles. The van der Waals surface area contributed by atoms with Crippen LogP contribution in [0.1, 0.15) is 27.1 Å². The maximum atomic E-state index is 11.8. The van der Waals surface area contributed by atoms with E-state index in [0.29, 0.717) is 0 Å². The Hall–Kier alpha value is -2.90. The van der Waals surface area contributed by atoms with Crippen LogP contribution in [0.25, 0.3) is 0 Å². The molecule has 0 radical (unpaired) electrons. The highest BCUT2D eigenvalue weighted by molar-refractivity contribution is 6.05. The van der Waals surface area contributed by atoms with Gasteiger partial charge in [-0.15, -0.1) is 0 Å². The molecule has 1 aromatic rings. The first kappa shape index (κ1) is 14.5. The average molecular weight is 292 g/mol. The van der Waals surface area contributed by atoms with E-state index in [4.69, 9.17) is 15.9 Å². The van der Waals surface area contributed by atoms with Crippen LogP contribution in [0.2, 0.25) is 0 Å². The van der Waals surface area contributed by atoms with E-state index in [1.54, 1.807) is 0 Å². The van der Waals surface area contributed by atoms with Crippen LogP contribution in [-0.4, -0.2) is 40.5 Å². The number of hydrogen-bond donors (Lipinski definition) is 3. The Labute approximate surface area is 118 Å². The van der Waals surface area contributed by atoms with E-state index >= 15 is 0 Å². The Morgan fingerprint density at radius 2 is 1.76 bits per heavy atom. The molecule has 4 N–H and O–H groups in total. The number of carbonyl (C=O) groups excluding carboxylic acids is 2. The number of nitrogens with zero attached hydrogens (tertiary/aromatic N) is 1. The summed E-state index contributed by atoms with van der Waals surface area (Å²) in [5.41, 5.74) is 4.59. The minimum atomic E-state index is -1.41. The second-order valence-electron chi connectivity index (χ2n) is 4.65. The van der Waals surface area contributed by atoms with Gasteiger partial charge in [-0.05, 0) is 18.2 Å². The number of carbonyl (C=O) groups is 4. The molecule has 0 aliphatic carbocycles. The van der Waals surface area contributed by atoms with Gasteiger partial charge in [0.15, 0.2) is 0 Å². The molecule has 1 unspecified atom stereocenters. The maximum absolute atomic E-state index is 11.8. The lowest BCUT2D eigenvalue weighted by molar-refractivity contribution is -0.123. The number of aromatic carboxylic acids is 2. The molecule has 0 aromatic heterocycles. The molecule has 1 atom stereocenters. The van der Waals surface area contributed by atoms with Gasteiger partial charge in [0.25, 0.3) is 0 Å². The molecule has 1 fully saturated rings. The minimum Gasteiger partial charge on any atom is -0.478 e. The fraction of sp³-hybridized carbons (Fsp3) is 0.231. The number of carboxylic acids is 2. The third-order valence-electron chi connectivity index (χ3n) is 3.30. The number of carboxylic acid groups (broad SMARTS) is 2. The van der Waals surface area contributed by atoms with Crippen molar-refractivity contribution in [3.05, 3.63) is 29.3 Å². The number of rotatable bonds is 4. The second kappa shape index (κ2) is 5.23. The molecular formula is C13H12N2O6. The van der Waals surface area contributed by atoms with Crippen LogP contribution in [0.3, 0.4) is 0 Å². The number of anilines is 1. The predicted molar refractivity (Wildman–Crippen MR) is 70.0 cm³/mol. The SMILES string of the molecule is NC(=O)C1CC(=O)N(c2ccc(C(=O)O)c(C(=O)O)c2)C1. The fourth-order valence-electron chi connectivity index (χ4n) is 2.21. The third kappa shape index (κ3) is 2.69. The van der Waals surface area contributed by atoms with Gasteiger partial charge in [0.05, 0.1) is 17.0 Å². The van der Waals surface area contributed by atoms with E-state index in [2.05, 4.69) is 0 Å². The van der Waals surface area contributed by atoms with Crippen LogP contribution >= 0.6 is 0 Å². The average Bonchev–Trinajstić information content (AvgIpc) is 2.80. The van der Waals surface area contributed by atoms with Crippen molar-refractivity contribution in [2.75, 3.05) is 11.4 Å². The highest BCUT2D eigenvalue weighted by atomic mass is 16.4. The van der Waals surface area contributed by atoms with Gasteiger partial charge < -0.3 is 20.8 Å². The Morgan fingerprint density at radius 3 is 2.24 bits per heavy atom. The minimum absolute atomic E-state index is 0.0432. The van der Waals surface area contributed by atoms with Gasteiger partial charge in [0.1, 0.15) is 0 Å². The zero-order chi connectivity index (χ0) is 15.7. The molecule has 1 aromatic carbocycles. The summed E-state index contributed by atoms with van der Waals surface area (Å²) in [6, 6.07) is 3.55. The van der Waals surface area contributed by atoms with Gasteiger partial charge in [-0.2, -0.15) is 0 Å². The van der Waals surface area contributed by atoms with Crippen molar-refractivity contribution in [2.45, 2.75) is 6.42 Å². The van der Waals surface area contributed by atoms with E-state index in [-0.39, 0.29) is 30.1 Å². The second-order valence-corrected chi connectivity index (χ2v) is 4.65. The van der Waals surface area contributed by atoms with Crippen molar-refractivity contribution in [1.82, 2.24) is 0 Å².